The Kier molecular flexibility index (Phi) is 4.70. The van der Waals surface area contributed by atoms with Crippen LogP contribution in [0.3, 0.4) is 0 Å². The summed E-state index contributed by atoms with van der Waals surface area (Å²) in [4.78, 5) is 11.9. The average molecular weight is 304 g/mol. The lowest BCUT2D eigenvalue weighted by Crippen LogP contribution is -2.20. The van der Waals surface area contributed by atoms with Crippen molar-refractivity contribution in [1.29, 1.82) is 0 Å². The summed E-state index contributed by atoms with van der Waals surface area (Å²) in [6, 6.07) is 12.8. The van der Waals surface area contributed by atoms with Gasteiger partial charge in [0.1, 0.15) is 0 Å². The molecule has 4 nitrogen and oxygen atoms in total. The van der Waals surface area contributed by atoms with Gasteiger partial charge in [-0.1, -0.05) is 23.7 Å². The molecule has 0 fully saturated rings. The van der Waals surface area contributed by atoms with Crippen LogP contribution in [0.5, 0.6) is 0 Å². The fourth-order valence-corrected chi connectivity index (χ4v) is 2.31. The van der Waals surface area contributed by atoms with E-state index in [1.807, 2.05) is 31.2 Å². The Bertz CT molecular complexity index is 658. The van der Waals surface area contributed by atoms with Crippen LogP contribution in [0.25, 0.3) is 0 Å². The number of amides is 1. The summed E-state index contributed by atoms with van der Waals surface area (Å²) in [5.41, 5.74) is 8.70. The predicted octanol–water partition coefficient (Wildman–Crippen LogP) is 3.45. The van der Waals surface area contributed by atoms with Crippen molar-refractivity contribution < 1.29 is 4.79 Å². The van der Waals surface area contributed by atoms with Gasteiger partial charge in [0.05, 0.1) is 5.56 Å². The highest BCUT2D eigenvalue weighted by Gasteiger charge is 2.13. The molecule has 0 aliphatic rings. The first kappa shape index (κ1) is 15.2. The molecular weight excluding hydrogens is 286 g/mol. The summed E-state index contributed by atoms with van der Waals surface area (Å²) in [5.74, 6) is -0.157. The largest absolute Gasteiger partial charge is 0.399 e. The van der Waals surface area contributed by atoms with Gasteiger partial charge in [0.2, 0.25) is 0 Å². The van der Waals surface area contributed by atoms with Crippen molar-refractivity contribution in [2.24, 2.45) is 0 Å². The molecule has 0 saturated carbocycles. The first-order chi connectivity index (χ1) is 10.0. The minimum Gasteiger partial charge on any atom is -0.399 e. The summed E-state index contributed by atoms with van der Waals surface area (Å²) >= 11 is 6.01. The number of nitrogens with one attached hydrogen (secondary N) is 2. The van der Waals surface area contributed by atoms with E-state index in [4.69, 9.17) is 17.3 Å². The van der Waals surface area contributed by atoms with E-state index in [1.165, 1.54) is 0 Å². The molecule has 0 heterocycles. The molecule has 0 bridgehead atoms. The molecule has 1 unspecified atom stereocenters. The van der Waals surface area contributed by atoms with Crippen LogP contribution in [0, 0.1) is 0 Å². The van der Waals surface area contributed by atoms with E-state index in [9.17, 15) is 4.79 Å². The average Bonchev–Trinajstić information content (AvgIpc) is 2.46. The SMILES string of the molecule is CNC(=O)c1ccc(N)cc1NC(C)c1cccc(Cl)c1. The zero-order chi connectivity index (χ0) is 15.4. The number of carbonyl (C=O) groups is 1. The number of anilines is 2. The Hall–Kier alpha value is -2.20. The zero-order valence-corrected chi connectivity index (χ0v) is 12.7. The molecule has 0 radical (unpaired) electrons. The number of nitrogen functional groups attached to an aromatic ring is 1. The maximum absolute atomic E-state index is 11.9. The summed E-state index contributed by atoms with van der Waals surface area (Å²) in [6.45, 7) is 2.00. The fourth-order valence-electron chi connectivity index (χ4n) is 2.11. The molecule has 5 heteroatoms. The number of rotatable bonds is 4. The topological polar surface area (TPSA) is 67.2 Å². The molecule has 0 saturated heterocycles. The number of nitrogens with two attached hydrogens (primary N) is 1. The second kappa shape index (κ2) is 6.50. The second-order valence-corrected chi connectivity index (χ2v) is 5.24. The minimum absolute atomic E-state index is 0.00564. The highest BCUT2D eigenvalue weighted by molar-refractivity contribution is 6.30. The van der Waals surface area contributed by atoms with Crippen LogP contribution in [0.2, 0.25) is 5.02 Å². The van der Waals surface area contributed by atoms with Crippen LogP contribution in [-0.4, -0.2) is 13.0 Å². The van der Waals surface area contributed by atoms with Gasteiger partial charge in [-0.15, -0.1) is 0 Å². The van der Waals surface area contributed by atoms with Crippen molar-refractivity contribution in [3.05, 3.63) is 58.6 Å². The number of halogens is 1. The number of benzene rings is 2. The third-order valence-corrected chi connectivity index (χ3v) is 3.47. The Morgan fingerprint density at radius 1 is 1.24 bits per heavy atom. The Morgan fingerprint density at radius 3 is 2.67 bits per heavy atom. The van der Waals surface area contributed by atoms with Crippen LogP contribution in [0.1, 0.15) is 28.9 Å². The normalized spacial score (nSPS) is 11.8. The number of hydrogen-bond acceptors (Lipinski definition) is 3. The van der Waals surface area contributed by atoms with Crippen molar-refractivity contribution in [1.82, 2.24) is 5.32 Å². The molecule has 2 rings (SSSR count). The number of hydrogen-bond donors (Lipinski definition) is 3. The molecule has 110 valence electrons. The summed E-state index contributed by atoms with van der Waals surface area (Å²) in [7, 11) is 1.60. The van der Waals surface area contributed by atoms with Gasteiger partial charge in [0.15, 0.2) is 0 Å². The molecule has 0 aliphatic carbocycles. The minimum atomic E-state index is -0.157. The van der Waals surface area contributed by atoms with Crippen molar-refractivity contribution in [3.8, 4) is 0 Å². The molecule has 2 aromatic carbocycles. The van der Waals surface area contributed by atoms with Gasteiger partial charge in [-0.3, -0.25) is 4.79 Å². The van der Waals surface area contributed by atoms with E-state index in [0.717, 1.165) is 5.56 Å². The van der Waals surface area contributed by atoms with Crippen LogP contribution in [-0.2, 0) is 0 Å². The van der Waals surface area contributed by atoms with Gasteiger partial charge in [0, 0.05) is 29.5 Å². The summed E-state index contributed by atoms with van der Waals surface area (Å²) < 4.78 is 0. The van der Waals surface area contributed by atoms with Crippen LogP contribution in [0.4, 0.5) is 11.4 Å². The third-order valence-electron chi connectivity index (χ3n) is 3.24. The molecule has 0 spiro atoms. The van der Waals surface area contributed by atoms with Gasteiger partial charge in [-0.25, -0.2) is 0 Å². The Morgan fingerprint density at radius 2 is 2.00 bits per heavy atom. The van der Waals surface area contributed by atoms with E-state index in [1.54, 1.807) is 25.2 Å². The lowest BCUT2D eigenvalue weighted by Gasteiger charge is -2.18. The third kappa shape index (κ3) is 3.67. The van der Waals surface area contributed by atoms with E-state index in [0.29, 0.717) is 22.0 Å². The van der Waals surface area contributed by atoms with Gasteiger partial charge in [-0.2, -0.15) is 0 Å². The maximum atomic E-state index is 11.9. The van der Waals surface area contributed by atoms with Gasteiger partial charge >= 0.3 is 0 Å². The van der Waals surface area contributed by atoms with Crippen LogP contribution >= 0.6 is 11.6 Å². The van der Waals surface area contributed by atoms with E-state index in [-0.39, 0.29) is 11.9 Å². The number of carbonyl (C=O) groups excluding carboxylic acids is 1. The molecule has 0 aromatic heterocycles. The standard InChI is InChI=1S/C16H18ClN3O/c1-10(11-4-3-5-12(17)8-11)20-15-9-13(18)6-7-14(15)16(21)19-2/h3-10,20H,18H2,1-2H3,(H,19,21). The van der Waals surface area contributed by atoms with Crippen LogP contribution in [0.15, 0.2) is 42.5 Å². The highest BCUT2D eigenvalue weighted by Crippen LogP contribution is 2.26. The molecule has 21 heavy (non-hydrogen) atoms. The Balaban J connectivity index is 2.30. The molecular formula is C16H18ClN3O. The molecule has 4 N–H and O–H groups in total. The molecule has 1 amide bonds. The summed E-state index contributed by atoms with van der Waals surface area (Å²) in [5, 5.41) is 6.61. The van der Waals surface area contributed by atoms with Crippen molar-refractivity contribution in [3.63, 3.8) is 0 Å². The fraction of sp³-hybridized carbons (Fsp3) is 0.188. The van der Waals surface area contributed by atoms with Crippen molar-refractivity contribution in [2.75, 3.05) is 18.1 Å². The first-order valence-corrected chi connectivity index (χ1v) is 7.02. The Labute approximate surface area is 129 Å². The van der Waals surface area contributed by atoms with E-state index in [2.05, 4.69) is 10.6 Å². The smallest absolute Gasteiger partial charge is 0.253 e. The molecule has 1 atom stereocenters. The monoisotopic (exact) mass is 303 g/mol. The van der Waals surface area contributed by atoms with Gasteiger partial charge < -0.3 is 16.4 Å². The van der Waals surface area contributed by atoms with Crippen molar-refractivity contribution >= 4 is 28.9 Å². The van der Waals surface area contributed by atoms with Crippen LogP contribution < -0.4 is 16.4 Å². The van der Waals surface area contributed by atoms with Crippen molar-refractivity contribution in [2.45, 2.75) is 13.0 Å². The van der Waals surface area contributed by atoms with E-state index >= 15 is 0 Å². The first-order valence-electron chi connectivity index (χ1n) is 6.65. The lowest BCUT2D eigenvalue weighted by molar-refractivity contribution is 0.0964. The zero-order valence-electron chi connectivity index (χ0n) is 12.0. The quantitative estimate of drug-likeness (QED) is 0.758. The van der Waals surface area contributed by atoms with Gasteiger partial charge in [-0.05, 0) is 42.8 Å². The highest BCUT2D eigenvalue weighted by atomic mass is 35.5. The second-order valence-electron chi connectivity index (χ2n) is 4.81. The molecule has 2 aromatic rings. The van der Waals surface area contributed by atoms with E-state index < -0.39 is 0 Å². The molecule has 0 aliphatic heterocycles. The van der Waals surface area contributed by atoms with Gasteiger partial charge in [0.25, 0.3) is 5.91 Å². The summed E-state index contributed by atoms with van der Waals surface area (Å²) in [6.07, 6.45) is 0. The lowest BCUT2D eigenvalue weighted by atomic mass is 10.1. The maximum Gasteiger partial charge on any atom is 0.253 e. The predicted molar refractivity (Wildman–Crippen MR) is 87.7 cm³/mol.